The van der Waals surface area contributed by atoms with Crippen LogP contribution in [0.25, 0.3) is 0 Å². The number of hydrogen-bond donors (Lipinski definition) is 1. The fraction of sp³-hybridized carbons (Fsp3) is 0.417. The smallest absolute Gasteiger partial charge is 0.161 e. The first-order valence-electron chi connectivity index (χ1n) is 5.88. The normalized spacial score (nSPS) is 28.7. The van der Waals surface area contributed by atoms with Crippen molar-refractivity contribution >= 4 is 44.1 Å². The zero-order valence-electron chi connectivity index (χ0n) is 10.3. The Hall–Kier alpha value is -0.720. The minimum Gasteiger partial charge on any atom is -0.316 e. The number of amidine groups is 1. The Morgan fingerprint density at radius 1 is 1.42 bits per heavy atom. The highest BCUT2D eigenvalue weighted by atomic mass is 35.5. The molecule has 2 heterocycles. The van der Waals surface area contributed by atoms with Crippen molar-refractivity contribution < 1.29 is 8.42 Å². The van der Waals surface area contributed by atoms with Gasteiger partial charge in [0.05, 0.1) is 17.5 Å². The van der Waals surface area contributed by atoms with Crippen LogP contribution in [0, 0.1) is 12.3 Å². The van der Waals surface area contributed by atoms with Crippen molar-refractivity contribution in [1.29, 1.82) is 5.41 Å². The molecular formula is C12H13ClN2O2S2. The first-order valence-corrected chi connectivity index (χ1v) is 8.96. The fourth-order valence-corrected chi connectivity index (χ4v) is 6.51. The average molecular weight is 317 g/mol. The summed E-state index contributed by atoms with van der Waals surface area (Å²) in [5, 5.41) is 9.06. The summed E-state index contributed by atoms with van der Waals surface area (Å²) < 4.78 is 23.4. The summed E-state index contributed by atoms with van der Waals surface area (Å²) in [7, 11) is -2.98. The van der Waals surface area contributed by atoms with Crippen LogP contribution in [0.1, 0.15) is 5.56 Å². The second-order valence-electron chi connectivity index (χ2n) is 4.91. The Labute approximate surface area is 121 Å². The number of thioether (sulfide) groups is 1. The van der Waals surface area contributed by atoms with E-state index in [1.54, 1.807) is 11.0 Å². The molecule has 102 valence electrons. The highest BCUT2D eigenvalue weighted by Gasteiger charge is 2.48. The molecule has 2 atom stereocenters. The minimum atomic E-state index is -2.98. The molecule has 0 saturated carbocycles. The van der Waals surface area contributed by atoms with Gasteiger partial charge in [-0.1, -0.05) is 29.4 Å². The van der Waals surface area contributed by atoms with Crippen LogP contribution < -0.4 is 4.90 Å². The largest absolute Gasteiger partial charge is 0.316 e. The minimum absolute atomic E-state index is 0.0300. The molecule has 4 nitrogen and oxygen atoms in total. The van der Waals surface area contributed by atoms with Gasteiger partial charge in [0.1, 0.15) is 0 Å². The maximum Gasteiger partial charge on any atom is 0.161 e. The van der Waals surface area contributed by atoms with Gasteiger partial charge in [0.25, 0.3) is 0 Å². The van der Waals surface area contributed by atoms with Crippen LogP contribution in [0.15, 0.2) is 18.2 Å². The van der Waals surface area contributed by atoms with Gasteiger partial charge in [-0.05, 0) is 24.6 Å². The number of hydrogen-bond acceptors (Lipinski definition) is 4. The molecule has 3 rings (SSSR count). The molecular weight excluding hydrogens is 304 g/mol. The van der Waals surface area contributed by atoms with Crippen molar-refractivity contribution in [3.63, 3.8) is 0 Å². The quantitative estimate of drug-likeness (QED) is 0.863. The number of halogens is 1. The van der Waals surface area contributed by atoms with Crippen LogP contribution >= 0.6 is 23.4 Å². The molecule has 0 radical (unpaired) electrons. The molecule has 2 aliphatic heterocycles. The van der Waals surface area contributed by atoms with Gasteiger partial charge in [0.15, 0.2) is 15.0 Å². The summed E-state index contributed by atoms with van der Waals surface area (Å²) in [5.41, 5.74) is 1.78. The Bertz CT molecular complexity index is 660. The molecule has 1 aromatic carbocycles. The summed E-state index contributed by atoms with van der Waals surface area (Å²) >= 11 is 7.46. The maximum atomic E-state index is 11.7. The Balaban J connectivity index is 1.99. The van der Waals surface area contributed by atoms with Crippen LogP contribution in [-0.4, -0.2) is 36.4 Å². The van der Waals surface area contributed by atoms with Crippen molar-refractivity contribution in [3.8, 4) is 0 Å². The Morgan fingerprint density at radius 3 is 2.84 bits per heavy atom. The third-order valence-corrected chi connectivity index (χ3v) is 7.06. The zero-order chi connectivity index (χ0) is 13.8. The summed E-state index contributed by atoms with van der Waals surface area (Å²) in [6.45, 7) is 1.92. The molecule has 7 heteroatoms. The van der Waals surface area contributed by atoms with Gasteiger partial charge in [-0.3, -0.25) is 5.41 Å². The van der Waals surface area contributed by atoms with Crippen LogP contribution in [-0.2, 0) is 9.84 Å². The number of fused-ring (bicyclic) bond motifs is 1. The van der Waals surface area contributed by atoms with Crippen molar-refractivity contribution in [3.05, 3.63) is 28.8 Å². The van der Waals surface area contributed by atoms with E-state index in [2.05, 4.69) is 0 Å². The van der Waals surface area contributed by atoms with E-state index in [9.17, 15) is 8.42 Å². The molecule has 2 fully saturated rings. The first-order chi connectivity index (χ1) is 8.87. The van der Waals surface area contributed by atoms with E-state index < -0.39 is 9.84 Å². The average Bonchev–Trinajstić information content (AvgIpc) is 2.73. The molecule has 19 heavy (non-hydrogen) atoms. The van der Waals surface area contributed by atoms with Gasteiger partial charge in [0, 0.05) is 16.0 Å². The third kappa shape index (κ3) is 2.26. The molecule has 1 N–H and O–H groups in total. The number of aryl methyl sites for hydroxylation is 1. The van der Waals surface area contributed by atoms with E-state index in [4.69, 9.17) is 17.0 Å². The second-order valence-corrected chi connectivity index (χ2v) is 8.70. The summed E-state index contributed by atoms with van der Waals surface area (Å²) in [6, 6.07) is 5.45. The molecule has 2 aliphatic rings. The lowest BCUT2D eigenvalue weighted by atomic mass is 10.1. The SMILES string of the molecule is Cc1ccc(N2C(=N)S[C@H]3CS(=O)(=O)C[C@H]32)cc1Cl. The molecule has 0 unspecified atom stereocenters. The lowest BCUT2D eigenvalue weighted by molar-refractivity contribution is 0.601. The molecule has 1 aromatic rings. The predicted octanol–water partition coefficient (Wildman–Crippen LogP) is 2.30. The molecule has 0 aliphatic carbocycles. The number of anilines is 1. The van der Waals surface area contributed by atoms with Gasteiger partial charge >= 0.3 is 0 Å². The van der Waals surface area contributed by atoms with Crippen LogP contribution in [0.2, 0.25) is 5.02 Å². The summed E-state index contributed by atoms with van der Waals surface area (Å²) in [5.74, 6) is 0.291. The molecule has 0 spiro atoms. The van der Waals surface area contributed by atoms with Crippen molar-refractivity contribution in [2.24, 2.45) is 0 Å². The van der Waals surface area contributed by atoms with E-state index in [1.807, 2.05) is 19.1 Å². The molecule has 0 amide bonds. The standard InChI is InChI=1S/C12H13ClN2O2S2/c1-7-2-3-8(4-9(7)13)15-10-5-19(16,17)6-11(10)18-12(15)14/h2-4,10-11,14H,5-6H2,1H3/t10-,11+/m1/s1. The highest BCUT2D eigenvalue weighted by Crippen LogP contribution is 2.40. The Morgan fingerprint density at radius 2 is 2.16 bits per heavy atom. The van der Waals surface area contributed by atoms with Gasteiger partial charge in [-0.25, -0.2) is 8.42 Å². The number of nitrogens with zero attached hydrogens (tertiary/aromatic N) is 1. The highest BCUT2D eigenvalue weighted by molar-refractivity contribution is 8.15. The molecule has 0 aromatic heterocycles. The van der Waals surface area contributed by atoms with E-state index in [1.165, 1.54) is 11.8 Å². The lowest BCUT2D eigenvalue weighted by Crippen LogP contribution is -2.37. The zero-order valence-corrected chi connectivity index (χ0v) is 12.6. The van der Waals surface area contributed by atoms with Crippen molar-refractivity contribution in [2.45, 2.75) is 18.2 Å². The Kier molecular flexibility index (Phi) is 3.07. The number of sulfone groups is 1. The van der Waals surface area contributed by atoms with Crippen molar-refractivity contribution in [2.75, 3.05) is 16.4 Å². The van der Waals surface area contributed by atoms with Gasteiger partial charge in [-0.2, -0.15) is 0 Å². The third-order valence-electron chi connectivity index (χ3n) is 3.52. The van der Waals surface area contributed by atoms with E-state index in [0.717, 1.165) is 11.3 Å². The van der Waals surface area contributed by atoms with Gasteiger partial charge in [-0.15, -0.1) is 0 Å². The van der Waals surface area contributed by atoms with Gasteiger partial charge in [0.2, 0.25) is 0 Å². The van der Waals surface area contributed by atoms with E-state index >= 15 is 0 Å². The van der Waals surface area contributed by atoms with Crippen LogP contribution in [0.5, 0.6) is 0 Å². The number of nitrogens with one attached hydrogen (secondary N) is 1. The first kappa shape index (κ1) is 13.3. The predicted molar refractivity (Wildman–Crippen MR) is 80.2 cm³/mol. The van der Waals surface area contributed by atoms with E-state index in [0.29, 0.717) is 10.2 Å². The molecule has 0 bridgehead atoms. The summed E-state index contributed by atoms with van der Waals surface area (Å²) in [4.78, 5) is 1.80. The van der Waals surface area contributed by atoms with Crippen LogP contribution in [0.4, 0.5) is 5.69 Å². The van der Waals surface area contributed by atoms with Crippen molar-refractivity contribution in [1.82, 2.24) is 0 Å². The monoisotopic (exact) mass is 316 g/mol. The maximum absolute atomic E-state index is 11.7. The van der Waals surface area contributed by atoms with E-state index in [-0.39, 0.29) is 22.8 Å². The number of benzene rings is 1. The lowest BCUT2D eigenvalue weighted by Gasteiger charge is -2.24. The summed E-state index contributed by atoms with van der Waals surface area (Å²) in [6.07, 6.45) is 0. The second kappa shape index (κ2) is 4.40. The number of rotatable bonds is 1. The van der Waals surface area contributed by atoms with Crippen LogP contribution in [0.3, 0.4) is 0 Å². The topological polar surface area (TPSA) is 61.2 Å². The molecule has 2 saturated heterocycles. The van der Waals surface area contributed by atoms with Gasteiger partial charge < -0.3 is 4.90 Å². The fourth-order valence-electron chi connectivity index (χ4n) is 2.54.